The van der Waals surface area contributed by atoms with Crippen molar-refractivity contribution in [1.82, 2.24) is 10.1 Å². The molecule has 2 amide bonds. The molecule has 0 radical (unpaired) electrons. The number of rotatable bonds is 3. The van der Waals surface area contributed by atoms with Crippen LogP contribution in [0.25, 0.3) is 0 Å². The molecule has 0 unspecified atom stereocenters. The van der Waals surface area contributed by atoms with Crippen molar-refractivity contribution in [2.24, 2.45) is 5.92 Å². The number of benzene rings is 1. The molecule has 0 spiro atoms. The van der Waals surface area contributed by atoms with Gasteiger partial charge in [-0.1, -0.05) is 5.16 Å². The first-order chi connectivity index (χ1) is 11.9. The summed E-state index contributed by atoms with van der Waals surface area (Å²) in [4.78, 5) is 26.1. The quantitative estimate of drug-likeness (QED) is 0.862. The van der Waals surface area contributed by atoms with E-state index in [1.54, 1.807) is 17.9 Å². The van der Waals surface area contributed by atoms with Crippen molar-refractivity contribution in [2.75, 3.05) is 18.4 Å². The highest BCUT2D eigenvalue weighted by Crippen LogP contribution is 2.24. The molecule has 3 rings (SSSR count). The Morgan fingerprint density at radius 1 is 1.24 bits per heavy atom. The fourth-order valence-corrected chi connectivity index (χ4v) is 2.86. The maximum atomic E-state index is 13.7. The van der Waals surface area contributed by atoms with Crippen molar-refractivity contribution in [3.05, 3.63) is 47.2 Å². The summed E-state index contributed by atoms with van der Waals surface area (Å²) in [5.41, 5.74) is -0.235. The van der Waals surface area contributed by atoms with Crippen molar-refractivity contribution in [3.8, 4) is 0 Å². The van der Waals surface area contributed by atoms with E-state index in [-0.39, 0.29) is 11.6 Å². The predicted molar refractivity (Wildman–Crippen MR) is 85.2 cm³/mol. The summed E-state index contributed by atoms with van der Waals surface area (Å²) in [6.07, 6.45) is 0.778. The van der Waals surface area contributed by atoms with E-state index in [9.17, 15) is 18.4 Å². The number of piperidine rings is 1. The van der Waals surface area contributed by atoms with Gasteiger partial charge in [0.25, 0.3) is 0 Å². The van der Waals surface area contributed by atoms with Crippen LogP contribution in [-0.4, -0.2) is 35.0 Å². The van der Waals surface area contributed by atoms with Crippen molar-refractivity contribution in [2.45, 2.75) is 19.8 Å². The van der Waals surface area contributed by atoms with Crippen LogP contribution in [0, 0.1) is 24.5 Å². The minimum Gasteiger partial charge on any atom is -0.360 e. The van der Waals surface area contributed by atoms with E-state index in [0.29, 0.717) is 37.5 Å². The number of aromatic nitrogens is 1. The maximum Gasteiger partial charge on any atom is 0.323 e. The van der Waals surface area contributed by atoms with Crippen LogP contribution >= 0.6 is 0 Å². The molecule has 0 bridgehead atoms. The normalized spacial score (nSPS) is 15.2. The zero-order valence-corrected chi connectivity index (χ0v) is 13.6. The van der Waals surface area contributed by atoms with E-state index < -0.39 is 23.3 Å². The molecule has 2 heterocycles. The molecule has 6 nitrogen and oxygen atoms in total. The molecule has 8 heteroatoms. The van der Waals surface area contributed by atoms with Gasteiger partial charge in [-0.05, 0) is 38.0 Å². The van der Waals surface area contributed by atoms with Gasteiger partial charge in [0.05, 0.1) is 5.56 Å². The van der Waals surface area contributed by atoms with Crippen LogP contribution < -0.4 is 5.32 Å². The molecular formula is C17H17F2N3O3. The number of aryl methyl sites for hydroxylation is 1. The Hall–Kier alpha value is -2.77. The number of urea groups is 1. The van der Waals surface area contributed by atoms with Gasteiger partial charge in [0, 0.05) is 25.1 Å². The number of Topliss-reactive ketones (excluding diaryl/α,β-unsaturated/α-hetero) is 1. The average Bonchev–Trinajstić information content (AvgIpc) is 3.01. The second-order valence-corrected chi connectivity index (χ2v) is 6.00. The molecule has 1 N–H and O–H groups in total. The Morgan fingerprint density at radius 3 is 2.60 bits per heavy atom. The zero-order chi connectivity index (χ0) is 18.0. The predicted octanol–water partition coefficient (Wildman–Crippen LogP) is 3.39. The molecule has 1 aromatic heterocycles. The number of likely N-dealkylation sites (tertiary alicyclic amines) is 1. The Balaban J connectivity index is 1.58. The van der Waals surface area contributed by atoms with E-state index in [0.717, 1.165) is 18.2 Å². The van der Waals surface area contributed by atoms with E-state index >= 15 is 0 Å². The summed E-state index contributed by atoms with van der Waals surface area (Å²) >= 11 is 0. The van der Waals surface area contributed by atoms with Gasteiger partial charge in [0.15, 0.2) is 11.6 Å². The fourth-order valence-electron chi connectivity index (χ4n) is 2.86. The second-order valence-electron chi connectivity index (χ2n) is 6.00. The van der Waals surface area contributed by atoms with E-state index in [1.807, 2.05) is 0 Å². The number of halogens is 2. The monoisotopic (exact) mass is 349 g/mol. The average molecular weight is 349 g/mol. The first-order valence-corrected chi connectivity index (χ1v) is 7.92. The van der Waals surface area contributed by atoms with Gasteiger partial charge in [0.2, 0.25) is 0 Å². The number of nitrogens with one attached hydrogen (secondary N) is 1. The summed E-state index contributed by atoms with van der Waals surface area (Å²) < 4.78 is 31.9. The van der Waals surface area contributed by atoms with Gasteiger partial charge < -0.3 is 9.42 Å². The van der Waals surface area contributed by atoms with Gasteiger partial charge in [0.1, 0.15) is 17.4 Å². The van der Waals surface area contributed by atoms with E-state index in [2.05, 4.69) is 10.5 Å². The largest absolute Gasteiger partial charge is 0.360 e. The molecule has 1 aliphatic rings. The number of hydrogen-bond acceptors (Lipinski definition) is 4. The number of nitrogens with zero attached hydrogens (tertiary/aromatic N) is 2. The zero-order valence-electron chi connectivity index (χ0n) is 13.6. The van der Waals surface area contributed by atoms with Gasteiger partial charge in [-0.3, -0.25) is 10.1 Å². The van der Waals surface area contributed by atoms with Crippen LogP contribution in [0.2, 0.25) is 0 Å². The molecule has 1 saturated heterocycles. The lowest BCUT2D eigenvalue weighted by Crippen LogP contribution is -2.42. The summed E-state index contributed by atoms with van der Waals surface area (Å²) in [7, 11) is 0. The molecule has 2 aromatic rings. The molecule has 0 aliphatic carbocycles. The number of anilines is 1. The van der Waals surface area contributed by atoms with E-state index in [1.165, 1.54) is 0 Å². The molecule has 1 aliphatic heterocycles. The topological polar surface area (TPSA) is 75.4 Å². The highest BCUT2D eigenvalue weighted by atomic mass is 19.1. The molecule has 132 valence electrons. The van der Waals surface area contributed by atoms with Gasteiger partial charge in [-0.15, -0.1) is 0 Å². The van der Waals surface area contributed by atoms with Crippen molar-refractivity contribution < 1.29 is 22.9 Å². The number of ketones is 1. The van der Waals surface area contributed by atoms with Crippen LogP contribution in [0.4, 0.5) is 19.4 Å². The Morgan fingerprint density at radius 2 is 1.96 bits per heavy atom. The number of amides is 2. The van der Waals surface area contributed by atoms with Gasteiger partial charge >= 0.3 is 6.03 Å². The van der Waals surface area contributed by atoms with Gasteiger partial charge in [-0.25, -0.2) is 13.6 Å². The molecule has 1 aromatic carbocycles. The summed E-state index contributed by atoms with van der Waals surface area (Å²) in [5, 5.41) is 6.30. The third-order valence-corrected chi connectivity index (χ3v) is 4.21. The maximum absolute atomic E-state index is 13.7. The lowest BCUT2D eigenvalue weighted by Gasteiger charge is -2.31. The lowest BCUT2D eigenvalue weighted by molar-refractivity contribution is 0.0854. The van der Waals surface area contributed by atoms with Crippen molar-refractivity contribution in [3.63, 3.8) is 0 Å². The molecule has 0 saturated carbocycles. The molecule has 1 fully saturated rings. The summed E-state index contributed by atoms with van der Waals surface area (Å²) in [5.74, 6) is -1.34. The van der Waals surface area contributed by atoms with Crippen LogP contribution in [0.3, 0.4) is 0 Å². The first-order valence-electron chi connectivity index (χ1n) is 7.92. The minimum atomic E-state index is -0.729. The Labute approximate surface area is 142 Å². The number of carbonyl (C=O) groups excluding carboxylic acids is 2. The van der Waals surface area contributed by atoms with E-state index in [4.69, 9.17) is 4.52 Å². The van der Waals surface area contributed by atoms with Crippen molar-refractivity contribution >= 4 is 17.6 Å². The number of hydrogen-bond donors (Lipinski definition) is 1. The van der Waals surface area contributed by atoms with Crippen LogP contribution in [0.5, 0.6) is 0 Å². The highest BCUT2D eigenvalue weighted by Gasteiger charge is 2.29. The smallest absolute Gasteiger partial charge is 0.323 e. The molecular weight excluding hydrogens is 332 g/mol. The second kappa shape index (κ2) is 7.00. The minimum absolute atomic E-state index is 0.235. The number of carbonyl (C=O) groups is 2. The van der Waals surface area contributed by atoms with Crippen molar-refractivity contribution in [1.29, 1.82) is 0 Å². The molecule has 0 atom stereocenters. The van der Waals surface area contributed by atoms with Crippen LogP contribution in [0.1, 0.15) is 29.0 Å². The first kappa shape index (κ1) is 17.1. The Kier molecular flexibility index (Phi) is 4.78. The summed E-state index contributed by atoms with van der Waals surface area (Å²) in [6, 6.07) is 4.11. The summed E-state index contributed by atoms with van der Waals surface area (Å²) in [6.45, 7) is 2.40. The molecule has 25 heavy (non-hydrogen) atoms. The lowest BCUT2D eigenvalue weighted by atomic mass is 9.88. The van der Waals surface area contributed by atoms with Gasteiger partial charge in [-0.2, -0.15) is 0 Å². The SMILES string of the molecule is Cc1cc(NC(=O)N2CCC(C(=O)c3cc(F)ccc3F)CC2)no1. The highest BCUT2D eigenvalue weighted by molar-refractivity contribution is 5.98. The third-order valence-electron chi connectivity index (χ3n) is 4.21. The fraction of sp³-hybridized carbons (Fsp3) is 0.353. The van der Waals surface area contributed by atoms with Crippen LogP contribution in [-0.2, 0) is 0 Å². The third kappa shape index (κ3) is 3.84. The Bertz CT molecular complexity index is 798. The van der Waals surface area contributed by atoms with Crippen LogP contribution in [0.15, 0.2) is 28.8 Å². The standard InChI is InChI=1S/C17H17F2N3O3/c1-10-8-15(21-25-10)20-17(24)22-6-4-11(5-7-22)16(23)13-9-12(18)2-3-14(13)19/h2-3,8-9,11H,4-7H2,1H3,(H,20,21,24).